The van der Waals surface area contributed by atoms with Crippen LogP contribution in [0.3, 0.4) is 0 Å². The highest BCUT2D eigenvalue weighted by Crippen LogP contribution is 2.15. The van der Waals surface area contributed by atoms with E-state index in [9.17, 15) is 9.59 Å². The lowest BCUT2D eigenvalue weighted by Gasteiger charge is -2.14. The first kappa shape index (κ1) is 14.9. The standard InChI is InChI=1S/C12H14INO4/c1-14(7-11(15)16)6-8-3-9(12(17)18-2)5-10(13)4-8/h3-5H,6-7H2,1-2H3,(H,15,16). The zero-order valence-electron chi connectivity index (χ0n) is 10.1. The van der Waals surface area contributed by atoms with E-state index in [1.165, 1.54) is 7.11 Å². The maximum absolute atomic E-state index is 11.4. The lowest BCUT2D eigenvalue weighted by molar-refractivity contribution is -0.138. The number of hydrogen-bond acceptors (Lipinski definition) is 4. The number of hydrogen-bond donors (Lipinski definition) is 1. The van der Waals surface area contributed by atoms with Gasteiger partial charge in [-0.2, -0.15) is 0 Å². The van der Waals surface area contributed by atoms with Crippen molar-refractivity contribution in [1.29, 1.82) is 0 Å². The number of esters is 1. The molecule has 0 heterocycles. The number of carboxylic acids is 1. The van der Waals surface area contributed by atoms with Crippen LogP contribution in [-0.4, -0.2) is 42.6 Å². The molecule has 0 aliphatic carbocycles. The summed E-state index contributed by atoms with van der Waals surface area (Å²) in [5.74, 6) is -1.27. The molecule has 98 valence electrons. The number of carbonyl (C=O) groups is 2. The molecule has 0 radical (unpaired) electrons. The predicted octanol–water partition coefficient (Wildman–Crippen LogP) is 1.59. The van der Waals surface area contributed by atoms with E-state index in [1.807, 2.05) is 6.07 Å². The van der Waals surface area contributed by atoms with Gasteiger partial charge in [-0.15, -0.1) is 0 Å². The molecule has 1 rings (SSSR count). The normalized spacial score (nSPS) is 10.4. The second-order valence-electron chi connectivity index (χ2n) is 3.91. The van der Waals surface area contributed by atoms with Crippen LogP contribution in [0.25, 0.3) is 0 Å². The van der Waals surface area contributed by atoms with Crippen molar-refractivity contribution in [1.82, 2.24) is 4.90 Å². The minimum Gasteiger partial charge on any atom is -0.480 e. The molecule has 0 saturated heterocycles. The van der Waals surface area contributed by atoms with Gasteiger partial charge in [-0.25, -0.2) is 4.79 Å². The van der Waals surface area contributed by atoms with Crippen molar-refractivity contribution < 1.29 is 19.4 Å². The Labute approximate surface area is 119 Å². The zero-order chi connectivity index (χ0) is 13.7. The largest absolute Gasteiger partial charge is 0.480 e. The van der Waals surface area contributed by atoms with Crippen molar-refractivity contribution >= 4 is 34.5 Å². The summed E-state index contributed by atoms with van der Waals surface area (Å²) in [5.41, 5.74) is 1.36. The Morgan fingerprint density at radius 1 is 1.39 bits per heavy atom. The molecule has 0 bridgehead atoms. The van der Waals surface area contributed by atoms with Crippen molar-refractivity contribution in [2.45, 2.75) is 6.54 Å². The average Bonchev–Trinajstić information content (AvgIpc) is 2.25. The summed E-state index contributed by atoms with van der Waals surface area (Å²) in [5, 5.41) is 8.68. The Hall–Kier alpha value is -1.15. The topological polar surface area (TPSA) is 66.8 Å². The van der Waals surface area contributed by atoms with Crippen molar-refractivity contribution in [3.63, 3.8) is 0 Å². The highest BCUT2D eigenvalue weighted by Gasteiger charge is 2.10. The number of nitrogens with zero attached hydrogens (tertiary/aromatic N) is 1. The molecule has 1 aromatic carbocycles. The molecule has 6 heteroatoms. The third kappa shape index (κ3) is 4.61. The number of methoxy groups -OCH3 is 1. The highest BCUT2D eigenvalue weighted by molar-refractivity contribution is 14.1. The summed E-state index contributed by atoms with van der Waals surface area (Å²) >= 11 is 2.11. The van der Waals surface area contributed by atoms with E-state index in [0.717, 1.165) is 9.13 Å². The van der Waals surface area contributed by atoms with Crippen LogP contribution in [0.4, 0.5) is 0 Å². The summed E-state index contributed by atoms with van der Waals surface area (Å²) in [7, 11) is 3.05. The number of halogens is 1. The van der Waals surface area contributed by atoms with Gasteiger partial charge in [0.1, 0.15) is 0 Å². The number of carboxylic acid groups (broad SMARTS) is 1. The van der Waals surface area contributed by atoms with Crippen LogP contribution < -0.4 is 0 Å². The molecule has 1 N–H and O–H groups in total. The van der Waals surface area contributed by atoms with E-state index in [4.69, 9.17) is 5.11 Å². The number of ether oxygens (including phenoxy) is 1. The molecular formula is C12H14INO4. The first-order chi connectivity index (χ1) is 8.42. The first-order valence-electron chi connectivity index (χ1n) is 5.20. The summed E-state index contributed by atoms with van der Waals surface area (Å²) in [6.45, 7) is 0.423. The van der Waals surface area contributed by atoms with Crippen LogP contribution in [0.1, 0.15) is 15.9 Å². The molecule has 0 aromatic heterocycles. The Bertz CT molecular complexity index is 461. The number of benzene rings is 1. The Morgan fingerprint density at radius 3 is 2.61 bits per heavy atom. The molecule has 0 saturated carbocycles. The van der Waals surface area contributed by atoms with Gasteiger partial charge in [-0.05, 0) is 53.4 Å². The fourth-order valence-corrected chi connectivity index (χ4v) is 2.31. The highest BCUT2D eigenvalue weighted by atomic mass is 127. The van der Waals surface area contributed by atoms with Gasteiger partial charge in [0.25, 0.3) is 0 Å². The third-order valence-electron chi connectivity index (χ3n) is 2.24. The Morgan fingerprint density at radius 2 is 2.06 bits per heavy atom. The fraction of sp³-hybridized carbons (Fsp3) is 0.333. The first-order valence-corrected chi connectivity index (χ1v) is 6.28. The molecule has 0 unspecified atom stereocenters. The summed E-state index contributed by atoms with van der Waals surface area (Å²) in [6.07, 6.45) is 0. The second kappa shape index (κ2) is 6.69. The minimum absolute atomic E-state index is 0.0426. The van der Waals surface area contributed by atoms with E-state index in [2.05, 4.69) is 27.3 Å². The van der Waals surface area contributed by atoms with Crippen molar-refractivity contribution in [2.75, 3.05) is 20.7 Å². The minimum atomic E-state index is -0.878. The van der Waals surface area contributed by atoms with Crippen LogP contribution in [0, 0.1) is 3.57 Å². The van der Waals surface area contributed by atoms with Crippen LogP contribution in [0.2, 0.25) is 0 Å². The van der Waals surface area contributed by atoms with E-state index in [0.29, 0.717) is 12.1 Å². The quantitative estimate of drug-likeness (QED) is 0.636. The van der Waals surface area contributed by atoms with Crippen LogP contribution in [0.15, 0.2) is 18.2 Å². The maximum atomic E-state index is 11.4. The molecule has 0 spiro atoms. The predicted molar refractivity (Wildman–Crippen MR) is 74.5 cm³/mol. The smallest absolute Gasteiger partial charge is 0.337 e. The van der Waals surface area contributed by atoms with Gasteiger partial charge in [-0.3, -0.25) is 9.69 Å². The molecule has 0 aliphatic heterocycles. The van der Waals surface area contributed by atoms with Gasteiger partial charge in [0.05, 0.1) is 19.2 Å². The molecule has 0 aliphatic rings. The van der Waals surface area contributed by atoms with Gasteiger partial charge >= 0.3 is 11.9 Å². The van der Waals surface area contributed by atoms with Gasteiger partial charge in [-0.1, -0.05) is 0 Å². The number of likely N-dealkylation sites (N-methyl/N-ethyl adjacent to an activating group) is 1. The zero-order valence-corrected chi connectivity index (χ0v) is 12.3. The lowest BCUT2D eigenvalue weighted by Crippen LogP contribution is -2.25. The second-order valence-corrected chi connectivity index (χ2v) is 5.15. The molecule has 1 aromatic rings. The fourth-order valence-electron chi connectivity index (χ4n) is 1.58. The Balaban J connectivity index is 2.86. The van der Waals surface area contributed by atoms with E-state index in [-0.39, 0.29) is 6.54 Å². The summed E-state index contributed by atoms with van der Waals surface area (Å²) in [6, 6.07) is 5.35. The van der Waals surface area contributed by atoms with Crippen molar-refractivity contribution in [2.24, 2.45) is 0 Å². The van der Waals surface area contributed by atoms with Crippen LogP contribution >= 0.6 is 22.6 Å². The van der Waals surface area contributed by atoms with Gasteiger partial charge in [0.15, 0.2) is 0 Å². The molecule has 18 heavy (non-hydrogen) atoms. The van der Waals surface area contributed by atoms with Crippen molar-refractivity contribution in [3.8, 4) is 0 Å². The SMILES string of the molecule is COC(=O)c1cc(I)cc(CN(C)CC(=O)O)c1. The lowest BCUT2D eigenvalue weighted by atomic mass is 10.1. The average molecular weight is 363 g/mol. The third-order valence-corrected chi connectivity index (χ3v) is 2.86. The number of aliphatic carboxylic acids is 1. The number of rotatable bonds is 5. The summed E-state index contributed by atoms with van der Waals surface area (Å²) < 4.78 is 5.58. The van der Waals surface area contributed by atoms with Crippen LogP contribution in [-0.2, 0) is 16.1 Å². The van der Waals surface area contributed by atoms with E-state index in [1.54, 1.807) is 24.1 Å². The molecule has 5 nitrogen and oxygen atoms in total. The summed E-state index contributed by atoms with van der Waals surface area (Å²) in [4.78, 5) is 23.7. The van der Waals surface area contributed by atoms with Crippen molar-refractivity contribution in [3.05, 3.63) is 32.9 Å². The molecule has 0 amide bonds. The maximum Gasteiger partial charge on any atom is 0.337 e. The molecular weight excluding hydrogens is 349 g/mol. The molecule has 0 fully saturated rings. The number of carbonyl (C=O) groups excluding carboxylic acids is 1. The van der Waals surface area contributed by atoms with Gasteiger partial charge in [0.2, 0.25) is 0 Å². The van der Waals surface area contributed by atoms with Gasteiger partial charge in [0, 0.05) is 10.1 Å². The van der Waals surface area contributed by atoms with Gasteiger partial charge < -0.3 is 9.84 Å². The monoisotopic (exact) mass is 363 g/mol. The van der Waals surface area contributed by atoms with Crippen LogP contribution in [0.5, 0.6) is 0 Å². The van der Waals surface area contributed by atoms with E-state index < -0.39 is 11.9 Å². The Kier molecular flexibility index (Phi) is 5.54. The molecule has 0 atom stereocenters. The van der Waals surface area contributed by atoms with E-state index >= 15 is 0 Å².